The second-order valence-electron chi connectivity index (χ2n) is 5.12. The summed E-state index contributed by atoms with van der Waals surface area (Å²) < 4.78 is 10.2. The molecule has 0 amide bonds. The lowest BCUT2D eigenvalue weighted by Gasteiger charge is -2.16. The Morgan fingerprint density at radius 1 is 1.43 bits per heavy atom. The maximum absolute atomic E-state index is 11.3. The van der Waals surface area contributed by atoms with Crippen molar-refractivity contribution in [3.8, 4) is 0 Å². The van der Waals surface area contributed by atoms with Gasteiger partial charge in [-0.15, -0.1) is 0 Å². The maximum Gasteiger partial charge on any atom is 0.305 e. The highest BCUT2D eigenvalue weighted by atomic mass is 16.6. The van der Waals surface area contributed by atoms with E-state index in [4.69, 9.17) is 9.47 Å². The minimum absolute atomic E-state index is 0.109. The second-order valence-corrected chi connectivity index (χ2v) is 5.12. The van der Waals surface area contributed by atoms with Gasteiger partial charge in [0.15, 0.2) is 0 Å². The Bertz CT molecular complexity index is 205. The summed E-state index contributed by atoms with van der Waals surface area (Å²) >= 11 is 0. The zero-order valence-electron chi connectivity index (χ0n) is 9.50. The number of hydrogen-bond donors (Lipinski definition) is 0. The van der Waals surface area contributed by atoms with E-state index >= 15 is 0 Å². The van der Waals surface area contributed by atoms with Crippen LogP contribution >= 0.6 is 0 Å². The van der Waals surface area contributed by atoms with Crippen molar-refractivity contribution in [2.24, 2.45) is 5.41 Å². The SMILES string of the molecule is C[C@H]1O[C@H]1COC(=O)CCC(C)(C)C. The number of ether oxygens (including phenoxy) is 2. The van der Waals surface area contributed by atoms with Gasteiger partial charge in [0.2, 0.25) is 0 Å². The van der Waals surface area contributed by atoms with Crippen LogP contribution in [0.5, 0.6) is 0 Å². The summed E-state index contributed by atoms with van der Waals surface area (Å²) in [6, 6.07) is 0. The first-order valence-corrected chi connectivity index (χ1v) is 5.19. The molecule has 1 fully saturated rings. The van der Waals surface area contributed by atoms with E-state index in [0.29, 0.717) is 13.0 Å². The molecule has 0 spiro atoms. The van der Waals surface area contributed by atoms with Gasteiger partial charge in [0.25, 0.3) is 0 Å². The van der Waals surface area contributed by atoms with Gasteiger partial charge in [-0.1, -0.05) is 20.8 Å². The molecule has 0 aromatic heterocycles. The fourth-order valence-electron chi connectivity index (χ4n) is 1.13. The summed E-state index contributed by atoms with van der Waals surface area (Å²) in [6.45, 7) is 8.75. The molecule has 82 valence electrons. The number of rotatable bonds is 4. The van der Waals surface area contributed by atoms with Crippen molar-refractivity contribution in [1.82, 2.24) is 0 Å². The molecule has 1 aliphatic rings. The zero-order chi connectivity index (χ0) is 10.8. The van der Waals surface area contributed by atoms with Crippen molar-refractivity contribution < 1.29 is 14.3 Å². The number of carbonyl (C=O) groups excluding carboxylic acids is 1. The van der Waals surface area contributed by atoms with Gasteiger partial charge in [-0.25, -0.2) is 0 Å². The molecule has 1 heterocycles. The van der Waals surface area contributed by atoms with Gasteiger partial charge in [-0.3, -0.25) is 4.79 Å². The van der Waals surface area contributed by atoms with Gasteiger partial charge in [-0.2, -0.15) is 0 Å². The van der Waals surface area contributed by atoms with Crippen LogP contribution in [0.1, 0.15) is 40.5 Å². The summed E-state index contributed by atoms with van der Waals surface area (Å²) in [5.41, 5.74) is 0.197. The van der Waals surface area contributed by atoms with E-state index in [0.717, 1.165) is 6.42 Å². The van der Waals surface area contributed by atoms with Crippen LogP contribution in [0, 0.1) is 5.41 Å². The van der Waals surface area contributed by atoms with Crippen molar-refractivity contribution in [1.29, 1.82) is 0 Å². The first kappa shape index (κ1) is 11.5. The Morgan fingerprint density at radius 2 is 2.00 bits per heavy atom. The summed E-state index contributed by atoms with van der Waals surface area (Å²) in [5.74, 6) is -0.109. The number of hydrogen-bond acceptors (Lipinski definition) is 3. The molecule has 3 heteroatoms. The molecule has 0 saturated carbocycles. The largest absolute Gasteiger partial charge is 0.463 e. The standard InChI is InChI=1S/C11H20O3/c1-8-9(14-8)7-13-10(12)5-6-11(2,3)4/h8-9H,5-7H2,1-4H3/t8-,9+/m1/s1. The Balaban J connectivity index is 2.04. The third kappa shape index (κ3) is 4.61. The first-order chi connectivity index (χ1) is 6.38. The fourth-order valence-corrected chi connectivity index (χ4v) is 1.13. The van der Waals surface area contributed by atoms with Crippen molar-refractivity contribution >= 4 is 5.97 Å². The molecule has 0 unspecified atom stereocenters. The smallest absolute Gasteiger partial charge is 0.305 e. The topological polar surface area (TPSA) is 38.8 Å². The summed E-state index contributed by atoms with van der Waals surface area (Å²) in [4.78, 5) is 11.3. The average Bonchev–Trinajstić information content (AvgIpc) is 2.73. The van der Waals surface area contributed by atoms with E-state index in [1.807, 2.05) is 6.92 Å². The van der Waals surface area contributed by atoms with E-state index in [-0.39, 0.29) is 23.6 Å². The highest BCUT2D eigenvalue weighted by Gasteiger charge is 2.35. The summed E-state index contributed by atoms with van der Waals surface area (Å²) in [5, 5.41) is 0. The maximum atomic E-state index is 11.3. The minimum atomic E-state index is -0.109. The lowest BCUT2D eigenvalue weighted by molar-refractivity contribution is -0.144. The van der Waals surface area contributed by atoms with Crippen LogP contribution in [0.4, 0.5) is 0 Å². The van der Waals surface area contributed by atoms with Crippen molar-refractivity contribution in [2.45, 2.75) is 52.7 Å². The molecule has 0 aromatic rings. The molecule has 3 nitrogen and oxygen atoms in total. The second kappa shape index (κ2) is 4.30. The van der Waals surface area contributed by atoms with E-state index in [1.165, 1.54) is 0 Å². The van der Waals surface area contributed by atoms with Gasteiger partial charge in [0.1, 0.15) is 12.7 Å². The molecule has 0 bridgehead atoms. The van der Waals surface area contributed by atoms with Gasteiger partial charge in [0.05, 0.1) is 6.10 Å². The molecular weight excluding hydrogens is 180 g/mol. The predicted molar refractivity (Wildman–Crippen MR) is 54.0 cm³/mol. The molecule has 0 N–H and O–H groups in total. The van der Waals surface area contributed by atoms with Crippen molar-refractivity contribution in [2.75, 3.05) is 6.61 Å². The van der Waals surface area contributed by atoms with Crippen LogP contribution in [0.25, 0.3) is 0 Å². The quantitative estimate of drug-likeness (QED) is 0.515. The Kier molecular flexibility index (Phi) is 3.53. The highest BCUT2D eigenvalue weighted by Crippen LogP contribution is 2.23. The molecular formula is C11H20O3. The minimum Gasteiger partial charge on any atom is -0.463 e. The molecule has 0 aliphatic carbocycles. The zero-order valence-corrected chi connectivity index (χ0v) is 9.50. The molecule has 1 aliphatic heterocycles. The molecule has 0 aromatic carbocycles. The van der Waals surface area contributed by atoms with Crippen molar-refractivity contribution in [3.63, 3.8) is 0 Å². The van der Waals surface area contributed by atoms with E-state index in [1.54, 1.807) is 0 Å². The monoisotopic (exact) mass is 200 g/mol. The van der Waals surface area contributed by atoms with Gasteiger partial charge in [-0.05, 0) is 18.8 Å². The van der Waals surface area contributed by atoms with Crippen LogP contribution in [0.3, 0.4) is 0 Å². The molecule has 2 atom stereocenters. The first-order valence-electron chi connectivity index (χ1n) is 5.19. The third-order valence-electron chi connectivity index (χ3n) is 2.32. The number of carbonyl (C=O) groups is 1. The Morgan fingerprint density at radius 3 is 2.43 bits per heavy atom. The molecule has 14 heavy (non-hydrogen) atoms. The number of esters is 1. The third-order valence-corrected chi connectivity index (χ3v) is 2.32. The molecule has 0 radical (unpaired) electrons. The highest BCUT2D eigenvalue weighted by molar-refractivity contribution is 5.69. The van der Waals surface area contributed by atoms with Crippen LogP contribution in [0.2, 0.25) is 0 Å². The Hall–Kier alpha value is -0.570. The van der Waals surface area contributed by atoms with E-state index in [9.17, 15) is 4.79 Å². The van der Waals surface area contributed by atoms with Crippen molar-refractivity contribution in [3.05, 3.63) is 0 Å². The van der Waals surface area contributed by atoms with Gasteiger partial charge >= 0.3 is 5.97 Å². The van der Waals surface area contributed by atoms with Crippen LogP contribution in [-0.2, 0) is 14.3 Å². The summed E-state index contributed by atoms with van der Waals surface area (Å²) in [7, 11) is 0. The lowest BCUT2D eigenvalue weighted by Crippen LogP contribution is -2.14. The average molecular weight is 200 g/mol. The fraction of sp³-hybridized carbons (Fsp3) is 0.909. The van der Waals surface area contributed by atoms with Crippen LogP contribution in [-0.4, -0.2) is 24.8 Å². The molecule has 1 rings (SSSR count). The molecule has 1 saturated heterocycles. The van der Waals surface area contributed by atoms with E-state index < -0.39 is 0 Å². The number of epoxide rings is 1. The summed E-state index contributed by atoms with van der Waals surface area (Å²) in [6.07, 6.45) is 1.79. The lowest BCUT2D eigenvalue weighted by atomic mass is 9.91. The van der Waals surface area contributed by atoms with Gasteiger partial charge < -0.3 is 9.47 Å². The predicted octanol–water partition coefficient (Wildman–Crippen LogP) is 2.14. The van der Waals surface area contributed by atoms with E-state index in [2.05, 4.69) is 20.8 Å². The van der Waals surface area contributed by atoms with Crippen LogP contribution < -0.4 is 0 Å². The Labute approximate surface area is 85.8 Å². The normalized spacial score (nSPS) is 26.0. The van der Waals surface area contributed by atoms with Gasteiger partial charge in [0, 0.05) is 6.42 Å². The van der Waals surface area contributed by atoms with Crippen LogP contribution in [0.15, 0.2) is 0 Å².